The molecule has 2 N–H and O–H groups in total. The van der Waals surface area contributed by atoms with Crippen molar-refractivity contribution < 1.29 is 24.1 Å². The van der Waals surface area contributed by atoms with Gasteiger partial charge in [0.25, 0.3) is 0 Å². The van der Waals surface area contributed by atoms with E-state index in [1.807, 2.05) is 24.3 Å². The van der Waals surface area contributed by atoms with Crippen molar-refractivity contribution in [2.45, 2.75) is 25.9 Å². The summed E-state index contributed by atoms with van der Waals surface area (Å²) >= 11 is 6.33. The highest BCUT2D eigenvalue weighted by molar-refractivity contribution is 6.32. The smallest absolute Gasteiger partial charge is 0.313 e. The molecule has 0 unspecified atom stereocenters. The summed E-state index contributed by atoms with van der Waals surface area (Å²) in [5.74, 6) is 0.626. The van der Waals surface area contributed by atoms with Crippen LogP contribution in [0.1, 0.15) is 25.0 Å². The number of nitrogens with zero attached hydrogens (tertiary/aromatic N) is 2. The third kappa shape index (κ3) is 4.85. The van der Waals surface area contributed by atoms with Crippen LogP contribution in [0.15, 0.2) is 54.6 Å². The number of fused-ring (bicyclic) bond motifs is 1. The van der Waals surface area contributed by atoms with Gasteiger partial charge in [-0.1, -0.05) is 35.9 Å². The number of hydrogen-bond donors (Lipinski definition) is 2. The lowest BCUT2D eigenvalue weighted by Gasteiger charge is -2.19. The van der Waals surface area contributed by atoms with Gasteiger partial charge >= 0.3 is 12.0 Å². The molecular formula is C24H22ClN3O5. The van der Waals surface area contributed by atoms with Crippen molar-refractivity contribution in [1.82, 2.24) is 15.0 Å². The number of aliphatic carboxylic acids is 1. The van der Waals surface area contributed by atoms with Crippen LogP contribution in [0.25, 0.3) is 11.2 Å². The van der Waals surface area contributed by atoms with Gasteiger partial charge in [-0.15, -0.1) is 0 Å². The number of benzene rings is 2. The number of pyridine rings is 1. The van der Waals surface area contributed by atoms with Gasteiger partial charge in [0.05, 0.1) is 18.0 Å². The van der Waals surface area contributed by atoms with Crippen molar-refractivity contribution in [2.75, 3.05) is 7.11 Å². The minimum atomic E-state index is -0.999. The average molecular weight is 468 g/mol. The Balaban J connectivity index is 1.48. The summed E-state index contributed by atoms with van der Waals surface area (Å²) in [6, 6.07) is 16.2. The molecule has 0 atom stereocenters. The standard InChI is InChI=1S/C24H22ClN3O5/c1-24(2,22(29)30)15-6-10-17(11-7-15)33-23-26-19-12-18(25)21(27-20(19)28-23)32-13-14-4-8-16(31-3)9-5-14/h4-12H,13H2,1-3H3,(H,29,30)(H,26,27,28). The minimum Gasteiger partial charge on any atom is -0.497 e. The van der Waals surface area contributed by atoms with Crippen LogP contribution in [0.4, 0.5) is 0 Å². The van der Waals surface area contributed by atoms with Crippen LogP contribution in [-0.2, 0) is 16.8 Å². The van der Waals surface area contributed by atoms with Gasteiger partial charge in [-0.05, 0) is 55.3 Å². The summed E-state index contributed by atoms with van der Waals surface area (Å²) < 4.78 is 16.7. The molecule has 2 heterocycles. The highest BCUT2D eigenvalue weighted by Gasteiger charge is 2.29. The first-order valence-corrected chi connectivity index (χ1v) is 10.5. The Morgan fingerprint density at radius 1 is 1.06 bits per heavy atom. The monoisotopic (exact) mass is 467 g/mol. The first-order chi connectivity index (χ1) is 15.8. The Hall–Kier alpha value is -3.78. The highest BCUT2D eigenvalue weighted by atomic mass is 35.5. The molecule has 0 aliphatic heterocycles. The fourth-order valence-electron chi connectivity index (χ4n) is 3.08. The van der Waals surface area contributed by atoms with Crippen molar-refractivity contribution in [3.63, 3.8) is 0 Å². The highest BCUT2D eigenvalue weighted by Crippen LogP contribution is 2.30. The molecule has 0 aliphatic carbocycles. The summed E-state index contributed by atoms with van der Waals surface area (Å²) in [6.07, 6.45) is 0. The van der Waals surface area contributed by atoms with Crippen LogP contribution in [-0.4, -0.2) is 33.1 Å². The van der Waals surface area contributed by atoms with Gasteiger partial charge in [0.1, 0.15) is 23.1 Å². The first-order valence-electron chi connectivity index (χ1n) is 10.1. The lowest BCUT2D eigenvalue weighted by Crippen LogP contribution is -2.28. The average Bonchev–Trinajstić information content (AvgIpc) is 3.18. The maximum Gasteiger partial charge on any atom is 0.313 e. The lowest BCUT2D eigenvalue weighted by atomic mass is 9.85. The van der Waals surface area contributed by atoms with Crippen molar-refractivity contribution in [3.05, 3.63) is 70.7 Å². The van der Waals surface area contributed by atoms with E-state index in [2.05, 4.69) is 15.0 Å². The van der Waals surface area contributed by atoms with Crippen LogP contribution in [0.2, 0.25) is 5.02 Å². The second-order valence-corrected chi connectivity index (χ2v) is 8.29. The van der Waals surface area contributed by atoms with Crippen molar-refractivity contribution in [2.24, 2.45) is 0 Å². The Morgan fingerprint density at radius 2 is 1.73 bits per heavy atom. The molecule has 33 heavy (non-hydrogen) atoms. The van der Waals surface area contributed by atoms with Crippen LogP contribution in [0.3, 0.4) is 0 Å². The summed E-state index contributed by atoms with van der Waals surface area (Å²) in [6.45, 7) is 3.58. The number of carboxylic acids is 1. The Bertz CT molecular complexity index is 1280. The minimum absolute atomic E-state index is 0.228. The van der Waals surface area contributed by atoms with Gasteiger partial charge in [-0.25, -0.2) is 0 Å². The second kappa shape index (κ2) is 8.99. The Labute approximate surface area is 195 Å². The number of imidazole rings is 1. The summed E-state index contributed by atoms with van der Waals surface area (Å²) in [4.78, 5) is 23.2. The molecule has 9 heteroatoms. The van der Waals surface area contributed by atoms with E-state index in [0.29, 0.717) is 27.5 Å². The SMILES string of the molecule is COc1ccc(COc2nc3nc(Oc4ccc(C(C)(C)C(=O)O)cc4)[nH]c3cc2Cl)cc1. The fourth-order valence-corrected chi connectivity index (χ4v) is 3.28. The molecule has 2 aromatic heterocycles. The number of methoxy groups -OCH3 is 1. The Morgan fingerprint density at radius 3 is 2.36 bits per heavy atom. The predicted octanol–water partition coefficient (Wildman–Crippen LogP) is 5.35. The van der Waals surface area contributed by atoms with E-state index >= 15 is 0 Å². The molecule has 0 saturated heterocycles. The summed E-state index contributed by atoms with van der Waals surface area (Å²) in [5.41, 5.74) is 1.59. The number of carbonyl (C=O) groups is 1. The number of halogens is 1. The van der Waals surface area contributed by atoms with Gasteiger partial charge in [0.2, 0.25) is 5.88 Å². The number of carboxylic acid groups (broad SMARTS) is 1. The molecule has 4 aromatic rings. The van der Waals surface area contributed by atoms with E-state index in [0.717, 1.165) is 11.3 Å². The zero-order chi connectivity index (χ0) is 23.6. The summed E-state index contributed by atoms with van der Waals surface area (Å²) in [5, 5.41) is 9.71. The van der Waals surface area contributed by atoms with E-state index in [4.69, 9.17) is 25.8 Å². The third-order valence-electron chi connectivity index (χ3n) is 5.23. The molecule has 0 aliphatic rings. The molecule has 8 nitrogen and oxygen atoms in total. The van der Waals surface area contributed by atoms with Crippen LogP contribution >= 0.6 is 11.6 Å². The van der Waals surface area contributed by atoms with Gasteiger partial charge in [-0.3, -0.25) is 4.79 Å². The third-order valence-corrected chi connectivity index (χ3v) is 5.50. The van der Waals surface area contributed by atoms with Gasteiger partial charge in [0, 0.05) is 0 Å². The molecule has 0 fully saturated rings. The number of nitrogens with one attached hydrogen (secondary N) is 1. The maximum absolute atomic E-state index is 11.4. The zero-order valence-electron chi connectivity index (χ0n) is 18.3. The molecule has 170 valence electrons. The molecule has 0 spiro atoms. The number of aromatic amines is 1. The largest absolute Gasteiger partial charge is 0.497 e. The predicted molar refractivity (Wildman–Crippen MR) is 123 cm³/mol. The number of ether oxygens (including phenoxy) is 3. The second-order valence-electron chi connectivity index (χ2n) is 7.88. The van der Waals surface area contributed by atoms with Gasteiger partial charge in [0.15, 0.2) is 5.65 Å². The Kier molecular flexibility index (Phi) is 6.11. The van der Waals surface area contributed by atoms with E-state index in [1.54, 1.807) is 51.3 Å². The molecule has 4 rings (SSSR count). The maximum atomic E-state index is 11.4. The van der Waals surface area contributed by atoms with Gasteiger partial charge < -0.3 is 24.3 Å². The van der Waals surface area contributed by atoms with Crippen LogP contribution in [0.5, 0.6) is 23.4 Å². The van der Waals surface area contributed by atoms with Gasteiger partial charge in [-0.2, -0.15) is 9.97 Å². The molecule has 0 radical (unpaired) electrons. The quantitative estimate of drug-likeness (QED) is 0.359. The normalized spacial score (nSPS) is 11.4. The van der Waals surface area contributed by atoms with E-state index in [1.165, 1.54) is 0 Å². The molecule has 0 saturated carbocycles. The first kappa shape index (κ1) is 22.4. The van der Waals surface area contributed by atoms with E-state index in [9.17, 15) is 9.90 Å². The fraction of sp³-hybridized carbons (Fsp3) is 0.208. The number of rotatable bonds is 8. The topological polar surface area (TPSA) is 107 Å². The molecular weight excluding hydrogens is 446 g/mol. The molecule has 0 bridgehead atoms. The van der Waals surface area contributed by atoms with Crippen molar-refractivity contribution in [3.8, 4) is 23.4 Å². The molecule has 2 aromatic carbocycles. The van der Waals surface area contributed by atoms with Crippen LogP contribution in [0, 0.1) is 0 Å². The van der Waals surface area contributed by atoms with Crippen LogP contribution < -0.4 is 14.2 Å². The zero-order valence-corrected chi connectivity index (χ0v) is 19.0. The van der Waals surface area contributed by atoms with Crippen molar-refractivity contribution in [1.29, 1.82) is 0 Å². The summed E-state index contributed by atoms with van der Waals surface area (Å²) in [7, 11) is 1.61. The van der Waals surface area contributed by atoms with E-state index < -0.39 is 11.4 Å². The molecule has 0 amide bonds. The van der Waals surface area contributed by atoms with Crippen molar-refractivity contribution >= 4 is 28.7 Å². The number of aromatic nitrogens is 3. The number of hydrogen-bond acceptors (Lipinski definition) is 6. The van der Waals surface area contributed by atoms with E-state index in [-0.39, 0.29) is 18.5 Å². The lowest BCUT2D eigenvalue weighted by molar-refractivity contribution is -0.142. The number of H-pyrrole nitrogens is 1.